The van der Waals surface area contributed by atoms with Crippen LogP contribution in [0.5, 0.6) is 0 Å². The molecule has 0 amide bonds. The van der Waals surface area contributed by atoms with Gasteiger partial charge in [0.1, 0.15) is 0 Å². The fourth-order valence-corrected chi connectivity index (χ4v) is 2.70. The largest absolute Gasteiger partial charge is 0.394 e. The van der Waals surface area contributed by atoms with Crippen molar-refractivity contribution < 1.29 is 5.11 Å². The van der Waals surface area contributed by atoms with Crippen LogP contribution in [0, 0.1) is 5.41 Å². The molecule has 3 nitrogen and oxygen atoms in total. The zero-order valence-electron chi connectivity index (χ0n) is 11.1. The van der Waals surface area contributed by atoms with Crippen molar-refractivity contribution in [3.05, 3.63) is 0 Å². The van der Waals surface area contributed by atoms with E-state index >= 15 is 0 Å². The van der Waals surface area contributed by atoms with Crippen LogP contribution in [0.2, 0.25) is 0 Å². The molecule has 0 bridgehead atoms. The van der Waals surface area contributed by atoms with Crippen LogP contribution in [0.3, 0.4) is 0 Å². The summed E-state index contributed by atoms with van der Waals surface area (Å²) in [6, 6.07) is 0. The van der Waals surface area contributed by atoms with E-state index in [1.807, 2.05) is 6.92 Å². The molecule has 1 aliphatic rings. The molecule has 0 spiro atoms. The van der Waals surface area contributed by atoms with Crippen LogP contribution in [-0.2, 0) is 0 Å². The third kappa shape index (κ3) is 3.44. The molecule has 0 aromatic carbocycles. The van der Waals surface area contributed by atoms with Gasteiger partial charge in [0.15, 0.2) is 0 Å². The lowest BCUT2D eigenvalue weighted by Crippen LogP contribution is -2.53. The Balaban J connectivity index is 2.43. The minimum absolute atomic E-state index is 0.0657. The van der Waals surface area contributed by atoms with E-state index in [1.54, 1.807) is 0 Å². The highest BCUT2D eigenvalue weighted by atomic mass is 16.3. The molecule has 0 radical (unpaired) electrons. The first-order valence-corrected chi connectivity index (χ1v) is 6.59. The summed E-state index contributed by atoms with van der Waals surface area (Å²) in [6.45, 7) is 9.68. The van der Waals surface area contributed by atoms with E-state index in [-0.39, 0.29) is 6.61 Å². The average molecular weight is 228 g/mol. The monoisotopic (exact) mass is 228 g/mol. The summed E-state index contributed by atoms with van der Waals surface area (Å²) in [5.74, 6) is 0. The average Bonchev–Trinajstić information content (AvgIpc) is 2.30. The number of rotatable bonds is 5. The van der Waals surface area contributed by atoms with Gasteiger partial charge < -0.3 is 15.7 Å². The van der Waals surface area contributed by atoms with Gasteiger partial charge in [0.25, 0.3) is 0 Å². The highest BCUT2D eigenvalue weighted by Crippen LogP contribution is 2.37. The Hall–Kier alpha value is -0.120. The molecule has 1 atom stereocenters. The van der Waals surface area contributed by atoms with Crippen LogP contribution in [0.4, 0.5) is 0 Å². The first-order chi connectivity index (χ1) is 7.47. The molecule has 0 saturated carbocycles. The Kier molecular flexibility index (Phi) is 4.77. The second kappa shape index (κ2) is 5.48. The van der Waals surface area contributed by atoms with Crippen molar-refractivity contribution in [3.63, 3.8) is 0 Å². The Bertz CT molecular complexity index is 202. The molecule has 1 unspecified atom stereocenters. The Morgan fingerprint density at radius 3 is 2.12 bits per heavy atom. The predicted octanol–water partition coefficient (Wildman–Crippen LogP) is 1.60. The van der Waals surface area contributed by atoms with E-state index in [4.69, 9.17) is 10.8 Å². The first-order valence-electron chi connectivity index (χ1n) is 6.59. The Morgan fingerprint density at radius 2 is 1.75 bits per heavy atom. The molecule has 96 valence electrons. The van der Waals surface area contributed by atoms with Gasteiger partial charge in [-0.05, 0) is 38.3 Å². The number of nitrogens with two attached hydrogens (primary N) is 1. The van der Waals surface area contributed by atoms with Gasteiger partial charge in [-0.1, -0.05) is 26.7 Å². The second-order valence-corrected chi connectivity index (χ2v) is 5.80. The molecule has 3 N–H and O–H groups in total. The van der Waals surface area contributed by atoms with Crippen molar-refractivity contribution >= 4 is 0 Å². The molecule has 0 aromatic heterocycles. The number of hydrogen-bond acceptors (Lipinski definition) is 3. The molecule has 1 aliphatic heterocycles. The lowest BCUT2D eigenvalue weighted by atomic mass is 9.74. The van der Waals surface area contributed by atoms with Gasteiger partial charge in [-0.15, -0.1) is 0 Å². The van der Waals surface area contributed by atoms with Gasteiger partial charge in [0.05, 0.1) is 6.61 Å². The van der Waals surface area contributed by atoms with Gasteiger partial charge in [-0.3, -0.25) is 0 Å². The number of likely N-dealkylation sites (tertiary alicyclic amines) is 1. The van der Waals surface area contributed by atoms with E-state index in [0.29, 0.717) is 5.41 Å². The number of aliphatic hydroxyl groups excluding tert-OH is 1. The summed E-state index contributed by atoms with van der Waals surface area (Å²) in [5.41, 5.74) is 6.11. The molecule has 1 heterocycles. The highest BCUT2D eigenvalue weighted by molar-refractivity contribution is 4.88. The van der Waals surface area contributed by atoms with Crippen LogP contribution in [0.25, 0.3) is 0 Å². The van der Waals surface area contributed by atoms with Crippen LogP contribution in [0.15, 0.2) is 0 Å². The third-order valence-electron chi connectivity index (χ3n) is 4.36. The van der Waals surface area contributed by atoms with Crippen molar-refractivity contribution in [2.45, 2.75) is 52.0 Å². The number of piperidine rings is 1. The van der Waals surface area contributed by atoms with E-state index in [1.165, 1.54) is 25.7 Å². The van der Waals surface area contributed by atoms with Gasteiger partial charge in [-0.25, -0.2) is 0 Å². The van der Waals surface area contributed by atoms with Crippen molar-refractivity contribution in [2.75, 3.05) is 26.2 Å². The van der Waals surface area contributed by atoms with Crippen LogP contribution < -0.4 is 5.73 Å². The fourth-order valence-electron chi connectivity index (χ4n) is 2.70. The molecule has 16 heavy (non-hydrogen) atoms. The smallest absolute Gasteiger partial charge is 0.0621 e. The van der Waals surface area contributed by atoms with Crippen LogP contribution in [-0.4, -0.2) is 41.8 Å². The van der Waals surface area contributed by atoms with Crippen molar-refractivity contribution in [3.8, 4) is 0 Å². The minimum Gasteiger partial charge on any atom is -0.394 e. The van der Waals surface area contributed by atoms with Crippen LogP contribution in [0.1, 0.15) is 46.5 Å². The molecule has 3 heteroatoms. The zero-order valence-corrected chi connectivity index (χ0v) is 11.1. The van der Waals surface area contributed by atoms with E-state index in [9.17, 15) is 0 Å². The summed E-state index contributed by atoms with van der Waals surface area (Å²) in [5, 5.41) is 9.17. The lowest BCUT2D eigenvalue weighted by Gasteiger charge is -2.43. The molecule has 1 fully saturated rings. The Morgan fingerprint density at radius 1 is 1.25 bits per heavy atom. The standard InChI is InChI=1S/C13H28N2O/c1-4-13(5-2)6-8-15(9-7-13)10-12(3,14)11-16/h16H,4-11,14H2,1-3H3. The summed E-state index contributed by atoms with van der Waals surface area (Å²) in [7, 11) is 0. The summed E-state index contributed by atoms with van der Waals surface area (Å²) in [4.78, 5) is 2.40. The highest BCUT2D eigenvalue weighted by Gasteiger charge is 2.32. The maximum absolute atomic E-state index is 9.17. The Labute approximate surface area is 100 Å². The van der Waals surface area contributed by atoms with E-state index in [2.05, 4.69) is 18.7 Å². The molecular weight excluding hydrogens is 200 g/mol. The van der Waals surface area contributed by atoms with Crippen molar-refractivity contribution in [1.29, 1.82) is 0 Å². The zero-order chi connectivity index (χ0) is 12.2. The lowest BCUT2D eigenvalue weighted by molar-refractivity contribution is 0.0689. The summed E-state index contributed by atoms with van der Waals surface area (Å²) < 4.78 is 0. The topological polar surface area (TPSA) is 49.5 Å². The quantitative estimate of drug-likeness (QED) is 0.751. The third-order valence-corrected chi connectivity index (χ3v) is 4.36. The van der Waals surface area contributed by atoms with Gasteiger partial charge >= 0.3 is 0 Å². The predicted molar refractivity (Wildman–Crippen MR) is 68.4 cm³/mol. The molecule has 1 saturated heterocycles. The molecule has 0 aliphatic carbocycles. The fraction of sp³-hybridized carbons (Fsp3) is 1.00. The number of hydrogen-bond donors (Lipinski definition) is 2. The SMILES string of the molecule is CCC1(CC)CCN(CC(C)(N)CO)CC1. The second-order valence-electron chi connectivity index (χ2n) is 5.80. The molecular formula is C13H28N2O. The van der Waals surface area contributed by atoms with Crippen LogP contribution >= 0.6 is 0 Å². The summed E-state index contributed by atoms with van der Waals surface area (Å²) >= 11 is 0. The van der Waals surface area contributed by atoms with Crippen molar-refractivity contribution in [2.24, 2.45) is 11.1 Å². The normalized spacial score (nSPS) is 25.3. The van der Waals surface area contributed by atoms with Gasteiger partial charge in [0, 0.05) is 12.1 Å². The minimum atomic E-state index is -0.446. The first kappa shape index (κ1) is 13.9. The summed E-state index contributed by atoms with van der Waals surface area (Å²) in [6.07, 6.45) is 5.14. The van der Waals surface area contributed by atoms with Gasteiger partial charge in [-0.2, -0.15) is 0 Å². The van der Waals surface area contributed by atoms with Crippen molar-refractivity contribution in [1.82, 2.24) is 4.90 Å². The maximum Gasteiger partial charge on any atom is 0.0621 e. The molecule has 0 aromatic rings. The molecule has 1 rings (SSSR count). The van der Waals surface area contributed by atoms with E-state index < -0.39 is 5.54 Å². The van der Waals surface area contributed by atoms with Gasteiger partial charge in [0.2, 0.25) is 0 Å². The van der Waals surface area contributed by atoms with E-state index in [0.717, 1.165) is 19.6 Å². The number of aliphatic hydroxyl groups is 1. The number of nitrogens with zero attached hydrogens (tertiary/aromatic N) is 1. The maximum atomic E-state index is 9.17.